The van der Waals surface area contributed by atoms with E-state index in [9.17, 15) is 8.42 Å². The minimum Gasteiger partial charge on any atom is -0.489 e. The number of piperidine rings is 1. The predicted octanol–water partition coefficient (Wildman–Crippen LogP) is 4.06. The van der Waals surface area contributed by atoms with Gasteiger partial charge in [0.15, 0.2) is 0 Å². The molecule has 152 valence electrons. The monoisotopic (exact) mass is 402 g/mol. The lowest BCUT2D eigenvalue weighted by Gasteiger charge is -2.34. The minimum atomic E-state index is -3.43. The van der Waals surface area contributed by atoms with Crippen molar-refractivity contribution < 1.29 is 13.2 Å². The van der Waals surface area contributed by atoms with Gasteiger partial charge in [-0.15, -0.1) is 0 Å². The summed E-state index contributed by atoms with van der Waals surface area (Å²) in [5, 5.41) is 0. The van der Waals surface area contributed by atoms with Crippen LogP contribution in [0.5, 0.6) is 5.75 Å². The Kier molecular flexibility index (Phi) is 7.10. The lowest BCUT2D eigenvalue weighted by atomic mass is 10.0. The SMILES string of the molecule is CCN(Cc1ccc(OCc2ccccc2)cc1)S(=O)(=O)N1CCCC(C)C1. The summed E-state index contributed by atoms with van der Waals surface area (Å²) in [7, 11) is -3.43. The highest BCUT2D eigenvalue weighted by atomic mass is 32.2. The van der Waals surface area contributed by atoms with Gasteiger partial charge in [0.05, 0.1) is 0 Å². The second-order valence-electron chi connectivity index (χ2n) is 7.46. The van der Waals surface area contributed by atoms with Crippen LogP contribution in [0.4, 0.5) is 0 Å². The van der Waals surface area contributed by atoms with Gasteiger partial charge in [0.25, 0.3) is 10.2 Å². The first kappa shape index (κ1) is 20.8. The Morgan fingerprint density at radius 2 is 1.79 bits per heavy atom. The van der Waals surface area contributed by atoms with Crippen LogP contribution in [0.3, 0.4) is 0 Å². The average molecular weight is 403 g/mol. The molecule has 6 heteroatoms. The number of hydrogen-bond donors (Lipinski definition) is 0. The highest BCUT2D eigenvalue weighted by molar-refractivity contribution is 7.86. The van der Waals surface area contributed by atoms with Crippen molar-refractivity contribution in [3.05, 3.63) is 65.7 Å². The van der Waals surface area contributed by atoms with Crippen molar-refractivity contribution in [1.82, 2.24) is 8.61 Å². The van der Waals surface area contributed by atoms with Crippen LogP contribution in [0.1, 0.15) is 37.8 Å². The summed E-state index contributed by atoms with van der Waals surface area (Å²) >= 11 is 0. The molecule has 0 N–H and O–H groups in total. The lowest BCUT2D eigenvalue weighted by molar-refractivity contribution is 0.257. The Morgan fingerprint density at radius 3 is 2.43 bits per heavy atom. The van der Waals surface area contributed by atoms with Gasteiger partial charge in [-0.2, -0.15) is 17.0 Å². The molecule has 0 aromatic heterocycles. The first-order chi connectivity index (χ1) is 13.5. The molecule has 0 bridgehead atoms. The molecule has 1 unspecified atom stereocenters. The second-order valence-corrected chi connectivity index (χ2v) is 9.39. The molecular weight excluding hydrogens is 372 g/mol. The summed E-state index contributed by atoms with van der Waals surface area (Å²) in [6.45, 7) is 6.60. The topological polar surface area (TPSA) is 49.9 Å². The molecule has 0 spiro atoms. The molecular formula is C22H30N2O3S. The van der Waals surface area contributed by atoms with Crippen molar-refractivity contribution in [3.63, 3.8) is 0 Å². The molecule has 0 radical (unpaired) electrons. The maximum absolute atomic E-state index is 13.0. The van der Waals surface area contributed by atoms with Gasteiger partial charge < -0.3 is 4.74 Å². The van der Waals surface area contributed by atoms with Gasteiger partial charge >= 0.3 is 0 Å². The molecule has 1 aliphatic rings. The molecule has 1 saturated heterocycles. The van der Waals surface area contributed by atoms with E-state index in [1.165, 1.54) is 0 Å². The zero-order valence-corrected chi connectivity index (χ0v) is 17.6. The van der Waals surface area contributed by atoms with Gasteiger partial charge in [0, 0.05) is 26.2 Å². The van der Waals surface area contributed by atoms with E-state index in [2.05, 4.69) is 6.92 Å². The van der Waals surface area contributed by atoms with Crippen molar-refractivity contribution in [2.24, 2.45) is 5.92 Å². The fourth-order valence-electron chi connectivity index (χ4n) is 3.51. The maximum Gasteiger partial charge on any atom is 0.282 e. The van der Waals surface area contributed by atoms with E-state index in [0.717, 1.165) is 29.7 Å². The van der Waals surface area contributed by atoms with E-state index in [0.29, 0.717) is 38.7 Å². The summed E-state index contributed by atoms with van der Waals surface area (Å²) < 4.78 is 35.1. The van der Waals surface area contributed by atoms with Crippen molar-refractivity contribution in [3.8, 4) is 5.75 Å². The van der Waals surface area contributed by atoms with Gasteiger partial charge in [-0.05, 0) is 42.0 Å². The van der Waals surface area contributed by atoms with Crippen LogP contribution in [0.25, 0.3) is 0 Å². The summed E-state index contributed by atoms with van der Waals surface area (Å²) in [6, 6.07) is 17.7. The zero-order chi connectivity index (χ0) is 20.0. The first-order valence-corrected chi connectivity index (χ1v) is 11.4. The number of hydrogen-bond acceptors (Lipinski definition) is 3. The van der Waals surface area contributed by atoms with E-state index < -0.39 is 10.2 Å². The molecule has 0 saturated carbocycles. The summed E-state index contributed by atoms with van der Waals surface area (Å²) in [6.07, 6.45) is 2.04. The molecule has 1 aliphatic heterocycles. The largest absolute Gasteiger partial charge is 0.489 e. The summed E-state index contributed by atoms with van der Waals surface area (Å²) in [4.78, 5) is 0. The van der Waals surface area contributed by atoms with Gasteiger partial charge in [0.1, 0.15) is 12.4 Å². The predicted molar refractivity (Wildman–Crippen MR) is 112 cm³/mol. The van der Waals surface area contributed by atoms with Crippen LogP contribution in [-0.2, 0) is 23.4 Å². The average Bonchev–Trinajstić information content (AvgIpc) is 2.72. The van der Waals surface area contributed by atoms with Crippen molar-refractivity contribution in [2.45, 2.75) is 39.8 Å². The molecule has 5 nitrogen and oxygen atoms in total. The molecule has 1 heterocycles. The van der Waals surface area contributed by atoms with Crippen LogP contribution in [0, 0.1) is 5.92 Å². The zero-order valence-electron chi connectivity index (χ0n) is 16.8. The second kappa shape index (κ2) is 9.54. The van der Waals surface area contributed by atoms with Gasteiger partial charge in [-0.3, -0.25) is 0 Å². The molecule has 3 rings (SSSR count). The normalized spacial score (nSPS) is 18.3. The summed E-state index contributed by atoms with van der Waals surface area (Å²) in [5.74, 6) is 1.20. The van der Waals surface area contributed by atoms with Crippen LogP contribution in [0.2, 0.25) is 0 Å². The number of benzene rings is 2. The van der Waals surface area contributed by atoms with E-state index in [-0.39, 0.29) is 0 Å². The van der Waals surface area contributed by atoms with E-state index in [4.69, 9.17) is 4.74 Å². The van der Waals surface area contributed by atoms with Crippen LogP contribution in [-0.4, -0.2) is 36.7 Å². The minimum absolute atomic E-state index is 0.378. The third-order valence-corrected chi connectivity index (χ3v) is 7.18. The molecule has 2 aromatic rings. The highest BCUT2D eigenvalue weighted by Gasteiger charge is 2.31. The van der Waals surface area contributed by atoms with E-state index in [1.807, 2.05) is 61.5 Å². The Hall–Kier alpha value is -1.89. The van der Waals surface area contributed by atoms with E-state index in [1.54, 1.807) is 8.61 Å². The van der Waals surface area contributed by atoms with Crippen molar-refractivity contribution >= 4 is 10.2 Å². The van der Waals surface area contributed by atoms with Crippen LogP contribution >= 0.6 is 0 Å². The Balaban J connectivity index is 1.61. The third kappa shape index (κ3) is 5.34. The standard InChI is InChI=1S/C22H30N2O3S/c1-3-23(28(25,26)24-15-7-8-19(2)16-24)17-20-11-13-22(14-12-20)27-18-21-9-5-4-6-10-21/h4-6,9-14,19H,3,7-8,15-18H2,1-2H3. The third-order valence-electron chi connectivity index (χ3n) is 5.16. The fourth-order valence-corrected chi connectivity index (χ4v) is 5.28. The molecule has 1 atom stereocenters. The first-order valence-electron chi connectivity index (χ1n) is 10.00. The molecule has 2 aromatic carbocycles. The number of rotatable bonds is 8. The van der Waals surface area contributed by atoms with Crippen LogP contribution in [0.15, 0.2) is 54.6 Å². The number of ether oxygens (including phenoxy) is 1. The van der Waals surface area contributed by atoms with E-state index >= 15 is 0 Å². The molecule has 0 amide bonds. The maximum atomic E-state index is 13.0. The van der Waals surface area contributed by atoms with Gasteiger partial charge in [0.2, 0.25) is 0 Å². The summed E-state index contributed by atoms with van der Waals surface area (Å²) in [5.41, 5.74) is 2.08. The van der Waals surface area contributed by atoms with Crippen molar-refractivity contribution in [2.75, 3.05) is 19.6 Å². The molecule has 28 heavy (non-hydrogen) atoms. The molecule has 1 fully saturated rings. The van der Waals surface area contributed by atoms with Crippen molar-refractivity contribution in [1.29, 1.82) is 0 Å². The number of nitrogens with zero attached hydrogens (tertiary/aromatic N) is 2. The Labute approximate surface area is 169 Å². The Bertz CT molecular complexity index is 838. The Morgan fingerprint density at radius 1 is 1.07 bits per heavy atom. The van der Waals surface area contributed by atoms with Gasteiger partial charge in [-0.1, -0.05) is 56.3 Å². The van der Waals surface area contributed by atoms with Gasteiger partial charge in [-0.25, -0.2) is 0 Å². The molecule has 0 aliphatic carbocycles. The van der Waals surface area contributed by atoms with Crippen LogP contribution < -0.4 is 4.74 Å². The lowest BCUT2D eigenvalue weighted by Crippen LogP contribution is -2.47. The quantitative estimate of drug-likeness (QED) is 0.669. The fraction of sp³-hybridized carbons (Fsp3) is 0.455. The highest BCUT2D eigenvalue weighted by Crippen LogP contribution is 2.22. The smallest absolute Gasteiger partial charge is 0.282 e.